The predicted octanol–water partition coefficient (Wildman–Crippen LogP) is 4.91. The third kappa shape index (κ3) is 1.93. The first-order chi connectivity index (χ1) is 11.0. The van der Waals surface area contributed by atoms with E-state index in [0.29, 0.717) is 0 Å². The standard InChI is InChI=1S/C20H20N2O/c1-13-9-10-22(4)20(3,11-13)18-14(2)21-12-16-15-7-5-6-8-17(15)23-19(16)18/h5-12H,1-4H3. The number of fused-ring (bicyclic) bond motifs is 3. The second-order valence-electron chi connectivity index (χ2n) is 6.52. The lowest BCUT2D eigenvalue weighted by molar-refractivity contribution is 0.258. The number of rotatable bonds is 1. The van der Waals surface area contributed by atoms with Gasteiger partial charge in [0.05, 0.1) is 5.54 Å². The van der Waals surface area contributed by atoms with Crippen molar-refractivity contribution in [2.75, 3.05) is 7.05 Å². The van der Waals surface area contributed by atoms with Gasteiger partial charge in [-0.1, -0.05) is 29.8 Å². The van der Waals surface area contributed by atoms with Crippen molar-refractivity contribution >= 4 is 21.9 Å². The Balaban J connectivity index is 2.11. The topological polar surface area (TPSA) is 29.3 Å². The molecule has 3 heterocycles. The highest BCUT2D eigenvalue weighted by atomic mass is 16.3. The van der Waals surface area contributed by atoms with E-state index in [0.717, 1.165) is 33.2 Å². The van der Waals surface area contributed by atoms with Gasteiger partial charge in [-0.25, -0.2) is 0 Å². The Bertz CT molecular complexity index is 980. The van der Waals surface area contributed by atoms with E-state index >= 15 is 0 Å². The number of para-hydroxylation sites is 1. The number of allylic oxidation sites excluding steroid dienone is 2. The second-order valence-corrected chi connectivity index (χ2v) is 6.52. The fourth-order valence-electron chi connectivity index (χ4n) is 3.59. The third-order valence-electron chi connectivity index (χ3n) is 4.92. The maximum absolute atomic E-state index is 6.25. The van der Waals surface area contributed by atoms with Gasteiger partial charge >= 0.3 is 0 Å². The van der Waals surface area contributed by atoms with Gasteiger partial charge in [0.25, 0.3) is 0 Å². The van der Waals surface area contributed by atoms with E-state index in [1.807, 2.05) is 24.4 Å². The molecule has 0 bridgehead atoms. The van der Waals surface area contributed by atoms with Gasteiger partial charge in [0.15, 0.2) is 0 Å². The fraction of sp³-hybridized carbons (Fsp3) is 0.250. The monoisotopic (exact) mass is 304 g/mol. The molecule has 0 aliphatic carbocycles. The Hall–Kier alpha value is -2.55. The molecule has 0 amide bonds. The first-order valence-corrected chi connectivity index (χ1v) is 7.88. The van der Waals surface area contributed by atoms with Crippen LogP contribution in [0.3, 0.4) is 0 Å². The molecule has 3 heteroatoms. The summed E-state index contributed by atoms with van der Waals surface area (Å²) in [5, 5.41) is 2.20. The quantitative estimate of drug-likeness (QED) is 0.639. The Labute approximate surface area is 135 Å². The summed E-state index contributed by atoms with van der Waals surface area (Å²) in [4.78, 5) is 6.89. The summed E-state index contributed by atoms with van der Waals surface area (Å²) in [7, 11) is 2.10. The maximum atomic E-state index is 6.25. The molecule has 116 valence electrons. The van der Waals surface area contributed by atoms with Crippen LogP contribution >= 0.6 is 0 Å². The first-order valence-electron chi connectivity index (χ1n) is 7.88. The number of furan rings is 1. The summed E-state index contributed by atoms with van der Waals surface area (Å²) in [5.74, 6) is 0. The number of pyridine rings is 1. The molecule has 0 saturated carbocycles. The fourth-order valence-corrected chi connectivity index (χ4v) is 3.59. The Morgan fingerprint density at radius 3 is 2.74 bits per heavy atom. The number of aromatic nitrogens is 1. The predicted molar refractivity (Wildman–Crippen MR) is 94.3 cm³/mol. The average molecular weight is 304 g/mol. The summed E-state index contributed by atoms with van der Waals surface area (Å²) in [6.45, 7) is 6.41. The lowest BCUT2D eigenvalue weighted by Gasteiger charge is -2.39. The van der Waals surface area contributed by atoms with Crippen molar-refractivity contribution in [3.05, 3.63) is 65.6 Å². The summed E-state index contributed by atoms with van der Waals surface area (Å²) in [6, 6.07) is 8.15. The summed E-state index contributed by atoms with van der Waals surface area (Å²) >= 11 is 0. The molecule has 1 aromatic carbocycles. The molecule has 1 aliphatic heterocycles. The molecule has 1 unspecified atom stereocenters. The zero-order chi connectivity index (χ0) is 16.2. The van der Waals surface area contributed by atoms with Crippen molar-refractivity contribution in [1.29, 1.82) is 0 Å². The molecule has 0 radical (unpaired) electrons. The van der Waals surface area contributed by atoms with E-state index in [-0.39, 0.29) is 5.54 Å². The van der Waals surface area contributed by atoms with Crippen molar-refractivity contribution in [2.45, 2.75) is 26.3 Å². The zero-order valence-electron chi connectivity index (χ0n) is 13.9. The Morgan fingerprint density at radius 2 is 1.91 bits per heavy atom. The van der Waals surface area contributed by atoms with Gasteiger partial charge in [-0.2, -0.15) is 0 Å². The first kappa shape index (κ1) is 14.1. The van der Waals surface area contributed by atoms with E-state index in [1.165, 1.54) is 5.57 Å². The number of hydrogen-bond donors (Lipinski definition) is 0. The van der Waals surface area contributed by atoms with Gasteiger partial charge in [0.1, 0.15) is 11.2 Å². The van der Waals surface area contributed by atoms with Crippen molar-refractivity contribution in [3.63, 3.8) is 0 Å². The molecule has 0 spiro atoms. The molecule has 23 heavy (non-hydrogen) atoms. The molecule has 4 rings (SSSR count). The Morgan fingerprint density at radius 1 is 1.13 bits per heavy atom. The molecule has 2 aromatic heterocycles. The van der Waals surface area contributed by atoms with Gasteiger partial charge in [-0.15, -0.1) is 0 Å². The van der Waals surface area contributed by atoms with Crippen LogP contribution in [-0.4, -0.2) is 16.9 Å². The van der Waals surface area contributed by atoms with Crippen LogP contribution in [0.1, 0.15) is 25.1 Å². The van der Waals surface area contributed by atoms with Gasteiger partial charge in [-0.3, -0.25) is 4.98 Å². The maximum Gasteiger partial charge on any atom is 0.144 e. The van der Waals surface area contributed by atoms with Crippen molar-refractivity contribution in [3.8, 4) is 0 Å². The minimum atomic E-state index is -0.275. The average Bonchev–Trinajstić information content (AvgIpc) is 2.89. The summed E-state index contributed by atoms with van der Waals surface area (Å²) in [6.07, 6.45) is 8.46. The largest absolute Gasteiger partial charge is 0.456 e. The van der Waals surface area contributed by atoms with E-state index in [9.17, 15) is 0 Å². The number of aryl methyl sites for hydroxylation is 1. The SMILES string of the molecule is CC1=CC(C)(c2c(C)ncc3c2oc2ccccc23)N(C)C=C1. The number of hydrogen-bond acceptors (Lipinski definition) is 3. The van der Waals surface area contributed by atoms with E-state index in [1.54, 1.807) is 0 Å². The van der Waals surface area contributed by atoms with Crippen molar-refractivity contribution in [1.82, 2.24) is 9.88 Å². The van der Waals surface area contributed by atoms with Crippen LogP contribution in [0.5, 0.6) is 0 Å². The normalized spacial score (nSPS) is 21.2. The van der Waals surface area contributed by atoms with Crippen LogP contribution < -0.4 is 0 Å². The highest BCUT2D eigenvalue weighted by Crippen LogP contribution is 2.41. The lowest BCUT2D eigenvalue weighted by atomic mass is 9.85. The molecule has 0 fully saturated rings. The summed E-state index contributed by atoms with van der Waals surface area (Å²) in [5.41, 5.74) is 4.96. The molecule has 0 N–H and O–H groups in total. The molecule has 1 aliphatic rings. The molecule has 3 nitrogen and oxygen atoms in total. The van der Waals surface area contributed by atoms with Crippen LogP contribution in [0.2, 0.25) is 0 Å². The zero-order valence-corrected chi connectivity index (χ0v) is 13.9. The van der Waals surface area contributed by atoms with Crippen LogP contribution in [0.4, 0.5) is 0 Å². The van der Waals surface area contributed by atoms with E-state index in [4.69, 9.17) is 4.42 Å². The summed E-state index contributed by atoms with van der Waals surface area (Å²) < 4.78 is 6.25. The highest BCUT2D eigenvalue weighted by Gasteiger charge is 2.34. The highest BCUT2D eigenvalue weighted by molar-refractivity contribution is 6.05. The minimum Gasteiger partial charge on any atom is -0.456 e. The second kappa shape index (κ2) is 4.72. The number of likely N-dealkylation sites (N-methyl/N-ethyl adjacent to an activating group) is 1. The smallest absolute Gasteiger partial charge is 0.144 e. The molecular weight excluding hydrogens is 284 g/mol. The molecule has 3 aromatic rings. The van der Waals surface area contributed by atoms with Crippen LogP contribution in [0.25, 0.3) is 21.9 Å². The van der Waals surface area contributed by atoms with Crippen LogP contribution in [-0.2, 0) is 5.54 Å². The van der Waals surface area contributed by atoms with E-state index in [2.05, 4.69) is 62.1 Å². The van der Waals surface area contributed by atoms with E-state index < -0.39 is 0 Å². The number of benzene rings is 1. The van der Waals surface area contributed by atoms with Crippen molar-refractivity contribution in [2.24, 2.45) is 0 Å². The van der Waals surface area contributed by atoms with Crippen molar-refractivity contribution < 1.29 is 4.42 Å². The lowest BCUT2D eigenvalue weighted by Crippen LogP contribution is -2.38. The van der Waals surface area contributed by atoms with Crippen LogP contribution in [0.15, 0.2) is 58.8 Å². The molecule has 1 atom stereocenters. The van der Waals surface area contributed by atoms with Gasteiger partial charge in [0, 0.05) is 41.5 Å². The van der Waals surface area contributed by atoms with Gasteiger partial charge < -0.3 is 9.32 Å². The minimum absolute atomic E-state index is 0.275. The molecule has 0 saturated heterocycles. The van der Waals surface area contributed by atoms with Crippen LogP contribution in [0, 0.1) is 6.92 Å². The number of nitrogens with zero attached hydrogens (tertiary/aromatic N) is 2. The molecular formula is C20H20N2O. The van der Waals surface area contributed by atoms with Gasteiger partial charge in [-0.05, 0) is 32.9 Å². The Kier molecular flexibility index (Phi) is 2.89. The van der Waals surface area contributed by atoms with Gasteiger partial charge in [0.2, 0.25) is 0 Å². The third-order valence-corrected chi connectivity index (χ3v) is 4.92.